The molecule has 0 amide bonds. The van der Waals surface area contributed by atoms with Gasteiger partial charge < -0.3 is 5.11 Å². The molecule has 1 aromatic rings. The van der Waals surface area contributed by atoms with Crippen LogP contribution in [0.1, 0.15) is 35.9 Å². The van der Waals surface area contributed by atoms with Gasteiger partial charge in [0.25, 0.3) is 0 Å². The van der Waals surface area contributed by atoms with Crippen LogP contribution < -0.4 is 0 Å². The van der Waals surface area contributed by atoms with Crippen LogP contribution in [0.25, 0.3) is 0 Å². The van der Waals surface area contributed by atoms with Crippen LogP contribution >= 0.6 is 11.3 Å². The van der Waals surface area contributed by atoms with E-state index < -0.39 is 22.0 Å². The zero-order valence-corrected chi connectivity index (χ0v) is 14.1. The van der Waals surface area contributed by atoms with Crippen molar-refractivity contribution < 1.29 is 18.3 Å². The molecule has 2 atom stereocenters. The van der Waals surface area contributed by atoms with E-state index in [1.807, 2.05) is 13.8 Å². The van der Waals surface area contributed by atoms with Gasteiger partial charge in [-0.3, -0.25) is 4.79 Å². The standard InChI is InChI=1S/C14H21NO4S2/c1-4-11-5-6-15(12(8-11)14(16)17)21(18,19)13-7-9(2)20-10(13)3/h7,11-12H,4-6,8H2,1-3H3,(H,16,17). The molecule has 118 valence electrons. The summed E-state index contributed by atoms with van der Waals surface area (Å²) in [6, 6.07) is 0.688. The van der Waals surface area contributed by atoms with Crippen LogP contribution in [0.5, 0.6) is 0 Å². The highest BCUT2D eigenvalue weighted by atomic mass is 32.2. The van der Waals surface area contributed by atoms with Crippen molar-refractivity contribution in [1.29, 1.82) is 0 Å². The second kappa shape index (κ2) is 6.06. The van der Waals surface area contributed by atoms with Crippen LogP contribution in [0, 0.1) is 19.8 Å². The summed E-state index contributed by atoms with van der Waals surface area (Å²) in [5.74, 6) is -0.774. The summed E-state index contributed by atoms with van der Waals surface area (Å²) in [5, 5.41) is 9.40. The van der Waals surface area contributed by atoms with Crippen molar-refractivity contribution in [2.24, 2.45) is 5.92 Å². The van der Waals surface area contributed by atoms with Gasteiger partial charge >= 0.3 is 5.97 Å². The Morgan fingerprint density at radius 1 is 1.48 bits per heavy atom. The van der Waals surface area contributed by atoms with Gasteiger partial charge in [0.1, 0.15) is 6.04 Å². The molecule has 2 unspecified atom stereocenters. The molecule has 0 radical (unpaired) electrons. The highest BCUT2D eigenvalue weighted by Gasteiger charge is 2.41. The maximum Gasteiger partial charge on any atom is 0.322 e. The molecule has 0 spiro atoms. The largest absolute Gasteiger partial charge is 0.480 e. The number of carbonyl (C=O) groups is 1. The Morgan fingerprint density at radius 3 is 2.62 bits per heavy atom. The first kappa shape index (κ1) is 16.5. The molecular formula is C14H21NO4S2. The summed E-state index contributed by atoms with van der Waals surface area (Å²) in [6.07, 6.45) is 2.00. The van der Waals surface area contributed by atoms with E-state index in [0.717, 1.165) is 17.7 Å². The summed E-state index contributed by atoms with van der Waals surface area (Å²) in [6.45, 7) is 5.92. The Kier molecular flexibility index (Phi) is 4.75. The molecule has 0 aromatic carbocycles. The number of sulfonamides is 1. The minimum absolute atomic E-state index is 0.256. The van der Waals surface area contributed by atoms with Crippen LogP contribution in [0.2, 0.25) is 0 Å². The quantitative estimate of drug-likeness (QED) is 0.920. The van der Waals surface area contributed by atoms with Crippen molar-refractivity contribution >= 4 is 27.3 Å². The average Bonchev–Trinajstić information content (AvgIpc) is 2.77. The molecular weight excluding hydrogens is 310 g/mol. The Bertz CT molecular complexity index is 635. The third-order valence-corrected chi connectivity index (χ3v) is 7.24. The number of hydrogen-bond donors (Lipinski definition) is 1. The van der Waals surface area contributed by atoms with E-state index in [-0.39, 0.29) is 17.4 Å². The fourth-order valence-corrected chi connectivity index (χ4v) is 6.02. The highest BCUT2D eigenvalue weighted by molar-refractivity contribution is 7.89. The number of piperidine rings is 1. The van der Waals surface area contributed by atoms with Crippen LogP contribution in [-0.4, -0.2) is 36.4 Å². The van der Waals surface area contributed by atoms with Gasteiger partial charge in [-0.15, -0.1) is 11.3 Å². The highest BCUT2D eigenvalue weighted by Crippen LogP contribution is 2.33. The summed E-state index contributed by atoms with van der Waals surface area (Å²) >= 11 is 1.42. The van der Waals surface area contributed by atoms with Crippen LogP contribution in [0.3, 0.4) is 0 Å². The lowest BCUT2D eigenvalue weighted by molar-refractivity contribution is -0.143. The number of carboxylic acids is 1. The maximum atomic E-state index is 12.8. The normalized spacial score (nSPS) is 24.1. The lowest BCUT2D eigenvalue weighted by Gasteiger charge is -2.35. The molecule has 1 aliphatic rings. The van der Waals surface area contributed by atoms with E-state index in [1.54, 1.807) is 13.0 Å². The van der Waals surface area contributed by atoms with Crippen molar-refractivity contribution in [2.45, 2.75) is 51.0 Å². The van der Waals surface area contributed by atoms with Gasteiger partial charge in [0, 0.05) is 16.3 Å². The second-order valence-corrected chi connectivity index (χ2v) is 8.87. The van der Waals surface area contributed by atoms with Crippen molar-refractivity contribution in [1.82, 2.24) is 4.31 Å². The Balaban J connectivity index is 2.38. The Morgan fingerprint density at radius 2 is 2.14 bits per heavy atom. The molecule has 21 heavy (non-hydrogen) atoms. The van der Waals surface area contributed by atoms with Crippen molar-refractivity contribution in [3.05, 3.63) is 15.8 Å². The zero-order chi connectivity index (χ0) is 15.8. The zero-order valence-electron chi connectivity index (χ0n) is 12.5. The van der Waals surface area contributed by atoms with E-state index in [9.17, 15) is 18.3 Å². The average molecular weight is 331 g/mol. The molecule has 5 nitrogen and oxygen atoms in total. The summed E-state index contributed by atoms with van der Waals surface area (Å²) in [5.41, 5.74) is 0. The Hall–Kier alpha value is -0.920. The van der Waals surface area contributed by atoms with E-state index in [1.165, 1.54) is 15.6 Å². The fraction of sp³-hybridized carbons (Fsp3) is 0.643. The predicted molar refractivity (Wildman–Crippen MR) is 82.1 cm³/mol. The summed E-state index contributed by atoms with van der Waals surface area (Å²) < 4.78 is 26.8. The number of thiophene rings is 1. The van der Waals surface area contributed by atoms with Crippen molar-refractivity contribution in [3.63, 3.8) is 0 Å². The van der Waals surface area contributed by atoms with Gasteiger partial charge in [0.15, 0.2) is 0 Å². The molecule has 0 bridgehead atoms. The number of hydrogen-bond acceptors (Lipinski definition) is 4. The SMILES string of the molecule is CCC1CCN(S(=O)(=O)c2cc(C)sc2C)C(C(=O)O)C1. The molecule has 2 heterocycles. The first-order valence-electron chi connectivity index (χ1n) is 7.09. The number of nitrogens with zero attached hydrogens (tertiary/aromatic N) is 1. The predicted octanol–water partition coefficient (Wildman–Crippen LogP) is 2.63. The van der Waals surface area contributed by atoms with E-state index >= 15 is 0 Å². The van der Waals surface area contributed by atoms with Gasteiger partial charge in [0.05, 0.1) is 4.90 Å². The van der Waals surface area contributed by atoms with Crippen LogP contribution in [0.4, 0.5) is 0 Å². The minimum Gasteiger partial charge on any atom is -0.480 e. The smallest absolute Gasteiger partial charge is 0.322 e. The van der Waals surface area contributed by atoms with E-state index in [0.29, 0.717) is 11.3 Å². The molecule has 0 saturated carbocycles. The van der Waals surface area contributed by atoms with Gasteiger partial charge in [-0.2, -0.15) is 4.31 Å². The number of carboxylic acid groups (broad SMARTS) is 1. The van der Waals surface area contributed by atoms with Crippen molar-refractivity contribution in [2.75, 3.05) is 6.54 Å². The molecule has 1 aliphatic heterocycles. The molecule has 0 aliphatic carbocycles. The van der Waals surface area contributed by atoms with Crippen LogP contribution in [-0.2, 0) is 14.8 Å². The molecule has 1 aromatic heterocycles. The summed E-state index contributed by atoms with van der Waals surface area (Å²) in [7, 11) is -3.73. The lowest BCUT2D eigenvalue weighted by Crippen LogP contribution is -2.49. The molecule has 1 fully saturated rings. The van der Waals surface area contributed by atoms with Crippen LogP contribution in [0.15, 0.2) is 11.0 Å². The molecule has 7 heteroatoms. The molecule has 1 saturated heterocycles. The number of aryl methyl sites for hydroxylation is 2. The molecule has 1 N–H and O–H groups in total. The lowest BCUT2D eigenvalue weighted by atomic mass is 9.90. The number of aliphatic carboxylic acids is 1. The van der Waals surface area contributed by atoms with Crippen molar-refractivity contribution in [3.8, 4) is 0 Å². The maximum absolute atomic E-state index is 12.8. The Labute approximate surface area is 129 Å². The van der Waals surface area contributed by atoms with Gasteiger partial charge in [-0.25, -0.2) is 8.42 Å². The van der Waals surface area contributed by atoms with Gasteiger partial charge in [-0.05, 0) is 38.7 Å². The second-order valence-electron chi connectivity index (χ2n) is 5.55. The van der Waals surface area contributed by atoms with Gasteiger partial charge in [0.2, 0.25) is 10.0 Å². The topological polar surface area (TPSA) is 74.7 Å². The monoisotopic (exact) mass is 331 g/mol. The third-order valence-electron chi connectivity index (χ3n) is 4.11. The first-order valence-corrected chi connectivity index (χ1v) is 9.34. The van der Waals surface area contributed by atoms with Gasteiger partial charge in [-0.1, -0.05) is 13.3 Å². The van der Waals surface area contributed by atoms with E-state index in [2.05, 4.69) is 0 Å². The van der Waals surface area contributed by atoms with E-state index in [4.69, 9.17) is 0 Å². The first-order chi connectivity index (χ1) is 9.77. The number of rotatable bonds is 4. The molecule has 2 rings (SSSR count). The summed E-state index contributed by atoms with van der Waals surface area (Å²) in [4.78, 5) is 13.4. The third kappa shape index (κ3) is 3.14. The minimum atomic E-state index is -3.73. The fourth-order valence-electron chi connectivity index (χ4n) is 2.89.